The first kappa shape index (κ1) is 19.0. The molecule has 8 nitrogen and oxygen atoms in total. The number of carbonyl (C=O) groups is 2. The predicted octanol–water partition coefficient (Wildman–Crippen LogP) is 2.49. The highest BCUT2D eigenvalue weighted by atomic mass is 19.1. The lowest BCUT2D eigenvalue weighted by Gasteiger charge is -2.37. The summed E-state index contributed by atoms with van der Waals surface area (Å²) in [6.07, 6.45) is 1.29. The van der Waals surface area contributed by atoms with E-state index >= 15 is 0 Å². The number of nitrogens with zero attached hydrogens (tertiary/aromatic N) is 3. The van der Waals surface area contributed by atoms with Crippen LogP contribution < -0.4 is 15.5 Å². The monoisotopic (exact) mass is 399 g/mol. The maximum absolute atomic E-state index is 14.2. The molecule has 2 N–H and O–H groups in total. The first-order chi connectivity index (χ1) is 14.0. The van der Waals surface area contributed by atoms with Gasteiger partial charge in [0.05, 0.1) is 17.9 Å². The Morgan fingerprint density at radius 1 is 1.31 bits per heavy atom. The number of hydrogen-bond acceptors (Lipinski definition) is 5. The number of hydrogen-bond donors (Lipinski definition) is 2. The maximum atomic E-state index is 14.2. The lowest BCUT2D eigenvalue weighted by molar-refractivity contribution is 0.157. The van der Waals surface area contributed by atoms with Gasteiger partial charge in [-0.2, -0.15) is 0 Å². The van der Waals surface area contributed by atoms with Crippen molar-refractivity contribution in [3.8, 4) is 0 Å². The minimum absolute atomic E-state index is 0.0185. The van der Waals surface area contributed by atoms with Crippen molar-refractivity contribution in [2.45, 2.75) is 19.5 Å². The highest BCUT2D eigenvalue weighted by Gasteiger charge is 2.37. The molecule has 3 heterocycles. The quantitative estimate of drug-likeness (QED) is 0.825. The molecular weight excluding hydrogens is 377 g/mol. The fourth-order valence-corrected chi connectivity index (χ4v) is 3.54. The van der Waals surface area contributed by atoms with Crippen molar-refractivity contribution >= 4 is 23.5 Å². The first-order valence-corrected chi connectivity index (χ1v) is 9.43. The van der Waals surface area contributed by atoms with Crippen LogP contribution in [0.15, 0.2) is 36.5 Å². The van der Waals surface area contributed by atoms with Gasteiger partial charge < -0.3 is 20.3 Å². The Bertz CT molecular complexity index is 921. The lowest BCUT2D eigenvalue weighted by Crippen LogP contribution is -2.52. The second kappa shape index (κ2) is 7.94. The number of rotatable bonds is 4. The van der Waals surface area contributed by atoms with Crippen molar-refractivity contribution in [3.05, 3.63) is 53.6 Å². The van der Waals surface area contributed by atoms with Gasteiger partial charge in [0, 0.05) is 37.6 Å². The van der Waals surface area contributed by atoms with Crippen LogP contribution in [0.5, 0.6) is 0 Å². The van der Waals surface area contributed by atoms with Gasteiger partial charge in [0.25, 0.3) is 0 Å². The highest BCUT2D eigenvalue weighted by molar-refractivity contribution is 5.88. The van der Waals surface area contributed by atoms with Crippen LogP contribution in [-0.2, 0) is 11.3 Å². The van der Waals surface area contributed by atoms with Gasteiger partial charge >= 0.3 is 12.1 Å². The Morgan fingerprint density at radius 3 is 2.97 bits per heavy atom. The topological polar surface area (TPSA) is 86.8 Å². The number of nitrogens with one attached hydrogen (secondary N) is 2. The van der Waals surface area contributed by atoms with Gasteiger partial charge in [-0.1, -0.05) is 0 Å². The number of anilines is 2. The van der Waals surface area contributed by atoms with Crippen molar-refractivity contribution in [1.82, 2.24) is 15.2 Å². The van der Waals surface area contributed by atoms with Gasteiger partial charge in [-0.25, -0.2) is 14.0 Å². The number of fused-ring (bicyclic) bond motifs is 1. The van der Waals surface area contributed by atoms with Gasteiger partial charge in [-0.3, -0.25) is 9.88 Å². The van der Waals surface area contributed by atoms with E-state index in [0.29, 0.717) is 37.5 Å². The lowest BCUT2D eigenvalue weighted by atomic mass is 10.1. The Labute approximate surface area is 167 Å². The number of aryl methyl sites for hydroxylation is 1. The van der Waals surface area contributed by atoms with Crippen molar-refractivity contribution in [2.75, 3.05) is 36.5 Å². The fraction of sp³-hybridized carbons (Fsp3) is 0.350. The standard InChI is InChI=1S/C20H22FN5O3/c1-13-2-3-16(10-22-13)24-19(27)23-9-14-6-15(21)8-17(7-14)25-4-5-26-18(11-25)12-29-20(26)28/h2-3,6-8,10,18H,4-5,9,11-12H2,1H3,(H2,23,24,27). The normalized spacial score (nSPS) is 18.3. The highest BCUT2D eigenvalue weighted by Crippen LogP contribution is 2.25. The van der Waals surface area contributed by atoms with Gasteiger partial charge in [-0.05, 0) is 42.8 Å². The van der Waals surface area contributed by atoms with Crippen LogP contribution in [0.1, 0.15) is 11.3 Å². The summed E-state index contributed by atoms with van der Waals surface area (Å²) in [5, 5.41) is 5.42. The van der Waals surface area contributed by atoms with E-state index in [0.717, 1.165) is 11.4 Å². The number of ether oxygens (including phenoxy) is 1. The van der Waals surface area contributed by atoms with E-state index in [1.54, 1.807) is 23.2 Å². The number of halogens is 1. The van der Waals surface area contributed by atoms with Gasteiger partial charge in [0.15, 0.2) is 0 Å². The van der Waals surface area contributed by atoms with Crippen LogP contribution in [0.4, 0.5) is 25.4 Å². The van der Waals surface area contributed by atoms with Crippen molar-refractivity contribution in [2.24, 2.45) is 0 Å². The maximum Gasteiger partial charge on any atom is 0.410 e. The van der Waals surface area contributed by atoms with E-state index in [9.17, 15) is 14.0 Å². The second-order valence-electron chi connectivity index (χ2n) is 7.18. The number of amides is 3. The molecule has 4 rings (SSSR count). The molecule has 2 aliphatic rings. The number of aromatic nitrogens is 1. The molecule has 2 saturated heterocycles. The third kappa shape index (κ3) is 4.39. The Morgan fingerprint density at radius 2 is 2.17 bits per heavy atom. The number of benzene rings is 1. The number of cyclic esters (lactones) is 1. The average molecular weight is 399 g/mol. The summed E-state index contributed by atoms with van der Waals surface area (Å²) >= 11 is 0. The summed E-state index contributed by atoms with van der Waals surface area (Å²) in [6.45, 7) is 4.13. The van der Waals surface area contributed by atoms with Crippen molar-refractivity contribution < 1.29 is 18.7 Å². The molecule has 3 amide bonds. The Kier molecular flexibility index (Phi) is 5.20. The number of piperazine rings is 1. The van der Waals surface area contributed by atoms with E-state index in [1.165, 1.54) is 12.1 Å². The van der Waals surface area contributed by atoms with E-state index in [-0.39, 0.29) is 24.5 Å². The van der Waals surface area contributed by atoms with Crippen LogP contribution in [-0.4, -0.2) is 54.3 Å². The van der Waals surface area contributed by atoms with Crippen LogP contribution in [0, 0.1) is 12.7 Å². The molecule has 0 radical (unpaired) electrons. The molecule has 2 aromatic rings. The van der Waals surface area contributed by atoms with Gasteiger partial charge in [0.1, 0.15) is 12.4 Å². The summed E-state index contributed by atoms with van der Waals surface area (Å²) in [4.78, 5) is 31.6. The zero-order valence-corrected chi connectivity index (χ0v) is 16.0. The summed E-state index contributed by atoms with van der Waals surface area (Å²) in [5.74, 6) is -0.372. The molecular formula is C20H22FN5O3. The number of pyridine rings is 1. The zero-order chi connectivity index (χ0) is 20.4. The minimum Gasteiger partial charge on any atom is -0.447 e. The minimum atomic E-state index is -0.392. The SMILES string of the molecule is Cc1ccc(NC(=O)NCc2cc(F)cc(N3CCN4C(=O)OCC4C3)c2)cn1. The third-order valence-corrected chi connectivity index (χ3v) is 5.05. The van der Waals surface area contributed by atoms with Crippen molar-refractivity contribution in [3.63, 3.8) is 0 Å². The van der Waals surface area contributed by atoms with E-state index in [2.05, 4.69) is 15.6 Å². The summed E-state index contributed by atoms with van der Waals surface area (Å²) < 4.78 is 19.2. The molecule has 29 heavy (non-hydrogen) atoms. The van der Waals surface area contributed by atoms with E-state index in [1.807, 2.05) is 17.9 Å². The Balaban J connectivity index is 1.37. The molecule has 9 heteroatoms. The van der Waals surface area contributed by atoms with Crippen LogP contribution in [0.25, 0.3) is 0 Å². The molecule has 0 aliphatic carbocycles. The number of urea groups is 1. The molecule has 1 aromatic carbocycles. The van der Waals surface area contributed by atoms with Gasteiger partial charge in [-0.15, -0.1) is 0 Å². The Hall–Kier alpha value is -3.36. The molecule has 1 atom stereocenters. The molecule has 1 aromatic heterocycles. The molecule has 0 bridgehead atoms. The molecule has 2 fully saturated rings. The predicted molar refractivity (Wildman–Crippen MR) is 105 cm³/mol. The third-order valence-electron chi connectivity index (χ3n) is 5.05. The second-order valence-corrected chi connectivity index (χ2v) is 7.18. The summed E-state index contributed by atoms with van der Waals surface area (Å²) in [5.41, 5.74) is 2.82. The molecule has 0 saturated carbocycles. The fourth-order valence-electron chi connectivity index (χ4n) is 3.54. The molecule has 1 unspecified atom stereocenters. The smallest absolute Gasteiger partial charge is 0.410 e. The van der Waals surface area contributed by atoms with Crippen LogP contribution in [0.2, 0.25) is 0 Å². The zero-order valence-electron chi connectivity index (χ0n) is 16.0. The summed E-state index contributed by atoms with van der Waals surface area (Å²) in [6, 6.07) is 7.87. The molecule has 0 spiro atoms. The molecule has 152 valence electrons. The van der Waals surface area contributed by atoms with E-state index < -0.39 is 6.03 Å². The largest absolute Gasteiger partial charge is 0.447 e. The van der Waals surface area contributed by atoms with Gasteiger partial charge in [0.2, 0.25) is 0 Å². The summed E-state index contributed by atoms with van der Waals surface area (Å²) in [7, 11) is 0. The van der Waals surface area contributed by atoms with Crippen LogP contribution >= 0.6 is 0 Å². The van der Waals surface area contributed by atoms with E-state index in [4.69, 9.17) is 4.74 Å². The van der Waals surface area contributed by atoms with Crippen molar-refractivity contribution in [1.29, 1.82) is 0 Å². The first-order valence-electron chi connectivity index (χ1n) is 9.43. The van der Waals surface area contributed by atoms with Crippen LogP contribution in [0.3, 0.4) is 0 Å². The molecule has 2 aliphatic heterocycles. The average Bonchev–Trinajstić information content (AvgIpc) is 3.08. The number of carbonyl (C=O) groups excluding carboxylic acids is 2.